The number of aromatic hydroxyl groups is 1. The minimum Gasteiger partial charge on any atom is -0.506 e. The van der Waals surface area contributed by atoms with E-state index in [4.69, 9.17) is 17.3 Å². The summed E-state index contributed by atoms with van der Waals surface area (Å²) >= 11 is 5.55. The summed E-state index contributed by atoms with van der Waals surface area (Å²) in [5.74, 6) is -2.21. The highest BCUT2D eigenvalue weighted by Gasteiger charge is 2.24. The number of hydrogen-bond acceptors (Lipinski definition) is 4. The molecule has 0 aromatic heterocycles. The molecule has 0 amide bonds. The van der Waals surface area contributed by atoms with Crippen molar-refractivity contribution < 1.29 is 19.0 Å². The average Bonchev–Trinajstić information content (AvgIpc) is 2.22. The number of phenols is 1. The molecule has 0 saturated heterocycles. The van der Waals surface area contributed by atoms with E-state index in [9.17, 15) is 14.3 Å². The predicted octanol–water partition coefficient (Wildman–Crippen LogP) is 1.78. The molecule has 90 valence electrons. The van der Waals surface area contributed by atoms with Crippen LogP contribution in [0.15, 0.2) is 12.1 Å². The minimum atomic E-state index is -1.39. The number of hydrogen-bond donors (Lipinski definition) is 2. The molecule has 0 unspecified atom stereocenters. The molecule has 3 N–H and O–H groups in total. The van der Waals surface area contributed by atoms with Gasteiger partial charge in [-0.05, 0) is 12.1 Å². The van der Waals surface area contributed by atoms with Gasteiger partial charge in [-0.2, -0.15) is 0 Å². The third kappa shape index (κ3) is 2.75. The summed E-state index contributed by atoms with van der Waals surface area (Å²) in [7, 11) is 1.11. The number of ether oxygens (including phenoxy) is 1. The van der Waals surface area contributed by atoms with E-state index >= 15 is 0 Å². The van der Waals surface area contributed by atoms with Crippen molar-refractivity contribution in [2.75, 3.05) is 7.11 Å². The van der Waals surface area contributed by atoms with Crippen LogP contribution in [-0.4, -0.2) is 18.2 Å². The van der Waals surface area contributed by atoms with Crippen LogP contribution in [0.1, 0.15) is 11.6 Å². The summed E-state index contributed by atoms with van der Waals surface area (Å²) in [5.41, 5.74) is 5.02. The van der Waals surface area contributed by atoms with Crippen molar-refractivity contribution in [2.45, 2.75) is 6.04 Å². The first-order chi connectivity index (χ1) is 6.99. The fourth-order valence-corrected chi connectivity index (χ4v) is 1.26. The Morgan fingerprint density at radius 1 is 1.62 bits per heavy atom. The van der Waals surface area contributed by atoms with Crippen molar-refractivity contribution in [2.24, 2.45) is 5.73 Å². The molecule has 0 bridgehead atoms. The van der Waals surface area contributed by atoms with Crippen molar-refractivity contribution in [3.8, 4) is 5.75 Å². The number of phenolic OH excluding ortho intramolecular Hbond substituents is 1. The van der Waals surface area contributed by atoms with Crippen LogP contribution in [0.3, 0.4) is 0 Å². The van der Waals surface area contributed by atoms with E-state index in [1.54, 1.807) is 0 Å². The van der Waals surface area contributed by atoms with Crippen LogP contribution in [0, 0.1) is 5.82 Å². The summed E-state index contributed by atoms with van der Waals surface area (Å²) in [6.07, 6.45) is 0. The zero-order valence-corrected chi connectivity index (χ0v) is 9.81. The van der Waals surface area contributed by atoms with Gasteiger partial charge in [0, 0.05) is 0 Å². The zero-order chi connectivity index (χ0) is 11.6. The van der Waals surface area contributed by atoms with Gasteiger partial charge in [-0.15, -0.1) is 12.4 Å². The quantitative estimate of drug-likeness (QED) is 0.803. The number of carbonyl (C=O) groups is 1. The van der Waals surface area contributed by atoms with E-state index in [-0.39, 0.29) is 23.0 Å². The lowest BCUT2D eigenvalue weighted by Gasteiger charge is -2.12. The van der Waals surface area contributed by atoms with Gasteiger partial charge in [-0.1, -0.05) is 11.6 Å². The van der Waals surface area contributed by atoms with Crippen molar-refractivity contribution in [3.63, 3.8) is 0 Å². The molecule has 0 fully saturated rings. The number of halogens is 3. The normalized spacial score (nSPS) is 11.5. The Kier molecular flexibility index (Phi) is 5.50. The van der Waals surface area contributed by atoms with Crippen molar-refractivity contribution >= 4 is 30.0 Å². The van der Waals surface area contributed by atoms with Gasteiger partial charge in [0.25, 0.3) is 0 Å². The highest BCUT2D eigenvalue weighted by Crippen LogP contribution is 2.33. The van der Waals surface area contributed by atoms with Gasteiger partial charge >= 0.3 is 5.97 Å². The van der Waals surface area contributed by atoms with Crippen LogP contribution in [0.4, 0.5) is 4.39 Å². The summed E-state index contributed by atoms with van der Waals surface area (Å²) in [4.78, 5) is 11.1. The van der Waals surface area contributed by atoms with Gasteiger partial charge in [0.2, 0.25) is 0 Å². The van der Waals surface area contributed by atoms with Crippen LogP contribution in [0.2, 0.25) is 5.02 Å². The fraction of sp³-hybridized carbons (Fsp3) is 0.222. The van der Waals surface area contributed by atoms with E-state index in [1.807, 2.05) is 0 Å². The molecule has 1 aromatic rings. The first-order valence-electron chi connectivity index (χ1n) is 3.99. The van der Waals surface area contributed by atoms with Gasteiger partial charge < -0.3 is 15.6 Å². The Labute approximate surface area is 103 Å². The average molecular weight is 270 g/mol. The second kappa shape index (κ2) is 5.89. The molecule has 0 aliphatic rings. The lowest BCUT2D eigenvalue weighted by Crippen LogP contribution is -2.23. The second-order valence-electron chi connectivity index (χ2n) is 2.79. The Morgan fingerprint density at radius 2 is 2.19 bits per heavy atom. The molecule has 0 heterocycles. The van der Waals surface area contributed by atoms with Gasteiger partial charge in [0.1, 0.15) is 17.6 Å². The summed E-state index contributed by atoms with van der Waals surface area (Å²) in [5, 5.41) is 9.36. The molecule has 0 aliphatic heterocycles. The Morgan fingerprint density at radius 3 is 2.69 bits per heavy atom. The van der Waals surface area contributed by atoms with Gasteiger partial charge in [0.15, 0.2) is 0 Å². The van der Waals surface area contributed by atoms with Crippen LogP contribution in [0.25, 0.3) is 0 Å². The standard InChI is InChI=1S/C9H9ClFNO3.ClH/c1-15-9(14)7(12)6-5(11)3-2-4(10)8(6)13;/h2-3,7,13H,12H2,1H3;1H/t7-;/m0./s1. The minimum absolute atomic E-state index is 0. The summed E-state index contributed by atoms with van der Waals surface area (Å²) in [6, 6.07) is 0.786. The molecule has 1 atom stereocenters. The lowest BCUT2D eigenvalue weighted by atomic mass is 10.1. The summed E-state index contributed by atoms with van der Waals surface area (Å²) < 4.78 is 17.6. The second-order valence-corrected chi connectivity index (χ2v) is 3.20. The first kappa shape index (κ1) is 15.0. The van der Waals surface area contributed by atoms with Crippen molar-refractivity contribution in [3.05, 3.63) is 28.5 Å². The monoisotopic (exact) mass is 269 g/mol. The molecule has 0 aliphatic carbocycles. The fourth-order valence-electron chi connectivity index (χ4n) is 1.10. The van der Waals surface area contributed by atoms with Crippen LogP contribution >= 0.6 is 24.0 Å². The molecule has 0 spiro atoms. The number of methoxy groups -OCH3 is 1. The van der Waals surface area contributed by atoms with Gasteiger partial charge in [-0.3, -0.25) is 4.79 Å². The maximum atomic E-state index is 13.3. The van der Waals surface area contributed by atoms with E-state index in [0.29, 0.717) is 0 Å². The molecule has 1 rings (SSSR count). The maximum Gasteiger partial charge on any atom is 0.327 e. The highest BCUT2D eigenvalue weighted by molar-refractivity contribution is 6.32. The van der Waals surface area contributed by atoms with Crippen LogP contribution in [-0.2, 0) is 9.53 Å². The Balaban J connectivity index is 0.00000225. The molecular weight excluding hydrogens is 260 g/mol. The lowest BCUT2D eigenvalue weighted by molar-refractivity contribution is -0.142. The Bertz CT molecular complexity index is 401. The van der Waals surface area contributed by atoms with Crippen molar-refractivity contribution in [1.29, 1.82) is 0 Å². The largest absolute Gasteiger partial charge is 0.506 e. The number of benzene rings is 1. The third-order valence-corrected chi connectivity index (χ3v) is 2.19. The topological polar surface area (TPSA) is 72.5 Å². The van der Waals surface area contributed by atoms with Gasteiger partial charge in [0.05, 0.1) is 17.7 Å². The molecule has 0 saturated carbocycles. The molecule has 4 nitrogen and oxygen atoms in total. The number of esters is 1. The first-order valence-corrected chi connectivity index (χ1v) is 4.37. The van der Waals surface area contributed by atoms with E-state index in [0.717, 1.165) is 13.2 Å². The SMILES string of the molecule is COC(=O)[C@@H](N)c1c(F)ccc(Cl)c1O.Cl. The van der Waals surface area contributed by atoms with Gasteiger partial charge in [-0.25, -0.2) is 4.39 Å². The number of nitrogens with two attached hydrogens (primary N) is 1. The molecule has 0 radical (unpaired) electrons. The van der Waals surface area contributed by atoms with Crippen molar-refractivity contribution in [1.82, 2.24) is 0 Å². The highest BCUT2D eigenvalue weighted by atomic mass is 35.5. The molecule has 7 heteroatoms. The van der Waals surface area contributed by atoms with E-state index in [2.05, 4.69) is 4.74 Å². The number of carbonyl (C=O) groups excluding carboxylic acids is 1. The molecule has 1 aromatic carbocycles. The van der Waals surface area contributed by atoms with Crippen LogP contribution < -0.4 is 5.73 Å². The van der Waals surface area contributed by atoms with E-state index in [1.165, 1.54) is 6.07 Å². The zero-order valence-electron chi connectivity index (χ0n) is 8.24. The number of rotatable bonds is 2. The molecule has 16 heavy (non-hydrogen) atoms. The van der Waals surface area contributed by atoms with Crippen LogP contribution in [0.5, 0.6) is 5.75 Å². The summed E-state index contributed by atoms with van der Waals surface area (Å²) in [6.45, 7) is 0. The maximum absolute atomic E-state index is 13.3. The predicted molar refractivity (Wildman–Crippen MR) is 59.3 cm³/mol. The Hall–Kier alpha value is -1.04. The molecular formula is C9H10Cl2FNO3. The smallest absolute Gasteiger partial charge is 0.327 e. The third-order valence-electron chi connectivity index (χ3n) is 1.88. The van der Waals surface area contributed by atoms with E-state index < -0.39 is 23.6 Å².